The third kappa shape index (κ3) is 4.95. The highest BCUT2D eigenvalue weighted by atomic mass is 16.2. The van der Waals surface area contributed by atoms with Crippen molar-refractivity contribution < 1.29 is 14.4 Å². The van der Waals surface area contributed by atoms with Gasteiger partial charge in [-0.15, -0.1) is 0 Å². The molecule has 0 saturated carbocycles. The second-order valence-electron chi connectivity index (χ2n) is 5.72. The van der Waals surface area contributed by atoms with Crippen LogP contribution >= 0.6 is 0 Å². The highest BCUT2D eigenvalue weighted by molar-refractivity contribution is 6.03. The van der Waals surface area contributed by atoms with Crippen molar-refractivity contribution in [2.45, 2.75) is 32.2 Å². The molecule has 3 amide bonds. The van der Waals surface area contributed by atoms with Crippen molar-refractivity contribution in [3.63, 3.8) is 0 Å². The molecule has 0 radical (unpaired) electrons. The summed E-state index contributed by atoms with van der Waals surface area (Å²) in [4.78, 5) is 35.3. The van der Waals surface area contributed by atoms with Crippen molar-refractivity contribution in [2.75, 3.05) is 5.32 Å². The van der Waals surface area contributed by atoms with Gasteiger partial charge in [-0.25, -0.2) is 0 Å². The molecule has 6 nitrogen and oxygen atoms in total. The number of benzene rings is 1. The Bertz CT molecular complexity index is 622. The zero-order chi connectivity index (χ0) is 16.8. The van der Waals surface area contributed by atoms with Crippen molar-refractivity contribution in [2.24, 2.45) is 11.7 Å². The lowest BCUT2D eigenvalue weighted by molar-refractivity contribution is -0.128. The summed E-state index contributed by atoms with van der Waals surface area (Å²) < 4.78 is 0. The van der Waals surface area contributed by atoms with Crippen LogP contribution in [-0.4, -0.2) is 23.8 Å². The van der Waals surface area contributed by atoms with E-state index in [1.165, 1.54) is 0 Å². The van der Waals surface area contributed by atoms with Gasteiger partial charge < -0.3 is 16.4 Å². The lowest BCUT2D eigenvalue weighted by Crippen LogP contribution is -2.46. The number of hydrogen-bond donors (Lipinski definition) is 3. The Labute approximate surface area is 135 Å². The van der Waals surface area contributed by atoms with E-state index in [-0.39, 0.29) is 12.5 Å². The number of nitrogens with two attached hydrogens (primary N) is 1. The lowest BCUT2D eigenvalue weighted by Gasteiger charge is -2.26. The van der Waals surface area contributed by atoms with E-state index in [0.29, 0.717) is 18.5 Å². The van der Waals surface area contributed by atoms with Crippen LogP contribution in [0.2, 0.25) is 0 Å². The minimum atomic E-state index is -0.441. The number of amides is 3. The number of carbonyl (C=O) groups excluding carboxylic acids is 3. The van der Waals surface area contributed by atoms with E-state index in [0.717, 1.165) is 5.56 Å². The maximum absolute atomic E-state index is 12.0. The number of nitrogens with one attached hydrogen (secondary N) is 2. The fourth-order valence-corrected chi connectivity index (χ4v) is 2.53. The predicted octanol–water partition coefficient (Wildman–Crippen LogP) is 1.26. The molecule has 0 fully saturated rings. The third-order valence-corrected chi connectivity index (χ3v) is 3.80. The van der Waals surface area contributed by atoms with E-state index in [9.17, 15) is 14.4 Å². The molecule has 1 aliphatic rings. The number of rotatable bonds is 5. The Morgan fingerprint density at radius 1 is 1.09 bits per heavy atom. The Morgan fingerprint density at radius 3 is 2.39 bits per heavy atom. The normalized spacial score (nSPS) is 19.9. The summed E-state index contributed by atoms with van der Waals surface area (Å²) in [5.41, 5.74) is 7.07. The zero-order valence-corrected chi connectivity index (χ0v) is 13.0. The third-order valence-electron chi connectivity index (χ3n) is 3.80. The average Bonchev–Trinajstić information content (AvgIpc) is 2.49. The number of aryl methyl sites for hydroxylation is 1. The molecule has 6 heteroatoms. The highest BCUT2D eigenvalue weighted by Gasteiger charge is 2.28. The summed E-state index contributed by atoms with van der Waals surface area (Å²) in [7, 11) is 0. The van der Waals surface area contributed by atoms with Gasteiger partial charge in [0.25, 0.3) is 0 Å². The minimum absolute atomic E-state index is 0.292. The van der Waals surface area contributed by atoms with Crippen LogP contribution < -0.4 is 16.4 Å². The fourth-order valence-electron chi connectivity index (χ4n) is 2.53. The SMILES string of the molecule is Cc1ccc(NC(=O)CC(=O)N[C@H]2CC=CC[C@H]2C(N)=O)cc1. The Morgan fingerprint density at radius 2 is 1.74 bits per heavy atom. The monoisotopic (exact) mass is 315 g/mol. The van der Waals surface area contributed by atoms with Gasteiger partial charge in [0.05, 0.1) is 5.92 Å². The molecular weight excluding hydrogens is 294 g/mol. The first-order valence-corrected chi connectivity index (χ1v) is 7.56. The van der Waals surface area contributed by atoms with Crippen molar-refractivity contribution in [3.8, 4) is 0 Å². The molecule has 4 N–H and O–H groups in total. The molecule has 0 bridgehead atoms. The maximum Gasteiger partial charge on any atom is 0.233 e. The molecule has 122 valence electrons. The molecule has 2 rings (SSSR count). The molecule has 0 saturated heterocycles. The van der Waals surface area contributed by atoms with Crippen molar-refractivity contribution in [1.29, 1.82) is 0 Å². The summed E-state index contributed by atoms with van der Waals surface area (Å²) in [6.45, 7) is 1.95. The van der Waals surface area contributed by atoms with Crippen LogP contribution in [0.3, 0.4) is 0 Å². The number of carbonyl (C=O) groups is 3. The molecule has 0 aliphatic heterocycles. The van der Waals surface area contributed by atoms with Gasteiger partial charge in [0.1, 0.15) is 6.42 Å². The second-order valence-corrected chi connectivity index (χ2v) is 5.72. The van der Waals surface area contributed by atoms with Gasteiger partial charge in [0.15, 0.2) is 0 Å². The summed E-state index contributed by atoms with van der Waals surface area (Å²) in [5.74, 6) is -1.68. The number of hydrogen-bond acceptors (Lipinski definition) is 3. The molecule has 1 aromatic carbocycles. The molecule has 0 heterocycles. The first-order valence-electron chi connectivity index (χ1n) is 7.56. The van der Waals surface area contributed by atoms with Crippen LogP contribution in [0.4, 0.5) is 5.69 Å². The van der Waals surface area contributed by atoms with Crippen LogP contribution in [0.25, 0.3) is 0 Å². The molecule has 23 heavy (non-hydrogen) atoms. The molecule has 0 spiro atoms. The summed E-state index contributed by atoms with van der Waals surface area (Å²) in [6.07, 6.45) is 4.54. The van der Waals surface area contributed by atoms with Gasteiger partial charge in [0.2, 0.25) is 17.7 Å². The van der Waals surface area contributed by atoms with Crippen LogP contribution in [0, 0.1) is 12.8 Å². The van der Waals surface area contributed by atoms with E-state index >= 15 is 0 Å². The van der Waals surface area contributed by atoms with Crippen LogP contribution in [-0.2, 0) is 14.4 Å². The predicted molar refractivity (Wildman–Crippen MR) is 87.4 cm³/mol. The van der Waals surface area contributed by atoms with Gasteiger partial charge in [-0.3, -0.25) is 14.4 Å². The summed E-state index contributed by atoms with van der Waals surface area (Å²) in [5, 5.41) is 5.39. The molecule has 1 aromatic rings. The first kappa shape index (κ1) is 16.7. The fraction of sp³-hybridized carbons (Fsp3) is 0.353. The molecular formula is C17H21N3O3. The average molecular weight is 315 g/mol. The van der Waals surface area contributed by atoms with Gasteiger partial charge >= 0.3 is 0 Å². The van der Waals surface area contributed by atoms with Crippen molar-refractivity contribution in [3.05, 3.63) is 42.0 Å². The molecule has 0 aromatic heterocycles. The maximum atomic E-state index is 12.0. The van der Waals surface area contributed by atoms with Gasteiger partial charge in [-0.2, -0.15) is 0 Å². The quantitative estimate of drug-likeness (QED) is 0.563. The number of primary amides is 1. The van der Waals surface area contributed by atoms with E-state index < -0.39 is 23.6 Å². The Hall–Kier alpha value is -2.63. The van der Waals surface area contributed by atoms with Crippen LogP contribution in [0.1, 0.15) is 24.8 Å². The Balaban J connectivity index is 1.86. The van der Waals surface area contributed by atoms with Gasteiger partial charge in [-0.1, -0.05) is 29.8 Å². The van der Waals surface area contributed by atoms with Gasteiger partial charge in [-0.05, 0) is 31.9 Å². The molecule has 0 unspecified atom stereocenters. The number of anilines is 1. The standard InChI is InChI=1S/C17H21N3O3/c1-11-6-8-12(9-7-11)19-15(21)10-16(22)20-14-5-3-2-4-13(14)17(18)23/h2-3,6-9,13-14H,4-5,10H2,1H3,(H2,18,23)(H,19,21)(H,20,22)/t13-,14+/m1/s1. The van der Waals surface area contributed by atoms with Crippen molar-refractivity contribution >= 4 is 23.4 Å². The second kappa shape index (κ2) is 7.58. The van der Waals surface area contributed by atoms with Crippen LogP contribution in [0.15, 0.2) is 36.4 Å². The summed E-state index contributed by atoms with van der Waals surface area (Å²) in [6, 6.07) is 6.96. The summed E-state index contributed by atoms with van der Waals surface area (Å²) >= 11 is 0. The van der Waals surface area contributed by atoms with E-state index in [1.807, 2.05) is 31.2 Å². The Kier molecular flexibility index (Phi) is 5.51. The first-order chi connectivity index (χ1) is 11.0. The largest absolute Gasteiger partial charge is 0.369 e. The van der Waals surface area contributed by atoms with Crippen molar-refractivity contribution in [1.82, 2.24) is 5.32 Å². The molecule has 1 aliphatic carbocycles. The van der Waals surface area contributed by atoms with Crippen LogP contribution in [0.5, 0.6) is 0 Å². The van der Waals surface area contributed by atoms with E-state index in [4.69, 9.17) is 5.73 Å². The van der Waals surface area contributed by atoms with E-state index in [1.54, 1.807) is 12.1 Å². The smallest absolute Gasteiger partial charge is 0.233 e. The zero-order valence-electron chi connectivity index (χ0n) is 13.0. The van der Waals surface area contributed by atoms with Gasteiger partial charge in [0, 0.05) is 11.7 Å². The number of allylic oxidation sites excluding steroid dienone is 1. The minimum Gasteiger partial charge on any atom is -0.369 e. The molecule has 2 atom stereocenters. The van der Waals surface area contributed by atoms with E-state index in [2.05, 4.69) is 10.6 Å². The lowest BCUT2D eigenvalue weighted by atomic mass is 9.88. The topological polar surface area (TPSA) is 101 Å². The highest BCUT2D eigenvalue weighted by Crippen LogP contribution is 2.19.